The van der Waals surface area contributed by atoms with Gasteiger partial charge in [0.25, 0.3) is 0 Å². The summed E-state index contributed by atoms with van der Waals surface area (Å²) < 4.78 is 10.3. The quantitative estimate of drug-likeness (QED) is 0.273. The molecule has 4 unspecified atom stereocenters. The summed E-state index contributed by atoms with van der Waals surface area (Å²) in [6.45, 7) is 1.84. The standard InChI is InChI=1S/C18H24O8/c1-2-7-13-17(23)12(19)8-3-4-9-14(18(24)26-13)25-16(22)11-6-5-10-15(20)21/h3,5-6,8,10-14,17,19,23H,2,4,7,9H2,1H3,(H,20,21)/b8-3+,10-5+,11-6+. The number of esters is 2. The summed E-state index contributed by atoms with van der Waals surface area (Å²) in [5, 5.41) is 28.4. The van der Waals surface area contributed by atoms with Gasteiger partial charge >= 0.3 is 17.9 Å². The minimum atomic E-state index is -1.27. The minimum absolute atomic E-state index is 0.154. The Hall–Kier alpha value is -2.45. The summed E-state index contributed by atoms with van der Waals surface area (Å²) in [7, 11) is 0. The second kappa shape index (κ2) is 11.2. The summed E-state index contributed by atoms with van der Waals surface area (Å²) in [6, 6.07) is 0. The number of aliphatic hydroxyl groups excluding tert-OH is 2. The fraction of sp³-hybridized carbons (Fsp3) is 0.500. The molecule has 0 aromatic rings. The van der Waals surface area contributed by atoms with Crippen LogP contribution in [-0.2, 0) is 23.9 Å². The van der Waals surface area contributed by atoms with E-state index < -0.39 is 42.3 Å². The van der Waals surface area contributed by atoms with Gasteiger partial charge in [0, 0.05) is 12.2 Å². The molecular weight excluding hydrogens is 344 g/mol. The van der Waals surface area contributed by atoms with Crippen molar-refractivity contribution in [3.05, 3.63) is 36.5 Å². The van der Waals surface area contributed by atoms with Gasteiger partial charge in [0.1, 0.15) is 18.3 Å². The van der Waals surface area contributed by atoms with Crippen LogP contribution in [0.1, 0.15) is 32.6 Å². The molecule has 0 fully saturated rings. The van der Waals surface area contributed by atoms with Gasteiger partial charge in [-0.05, 0) is 19.3 Å². The Morgan fingerprint density at radius 3 is 2.65 bits per heavy atom. The summed E-state index contributed by atoms with van der Waals surface area (Å²) in [4.78, 5) is 34.4. The maximum Gasteiger partial charge on any atom is 0.347 e. The molecule has 0 aliphatic carbocycles. The topological polar surface area (TPSA) is 130 Å². The summed E-state index contributed by atoms with van der Waals surface area (Å²) >= 11 is 0. The Bertz CT molecular complexity index is 578. The molecule has 1 aliphatic heterocycles. The van der Waals surface area contributed by atoms with Crippen LogP contribution in [0.3, 0.4) is 0 Å². The van der Waals surface area contributed by atoms with Crippen LogP contribution < -0.4 is 0 Å². The highest BCUT2D eigenvalue weighted by atomic mass is 16.6. The van der Waals surface area contributed by atoms with Crippen molar-refractivity contribution >= 4 is 17.9 Å². The van der Waals surface area contributed by atoms with Gasteiger partial charge < -0.3 is 24.8 Å². The Balaban J connectivity index is 2.80. The molecule has 3 N–H and O–H groups in total. The van der Waals surface area contributed by atoms with Crippen LogP contribution in [0, 0.1) is 0 Å². The molecule has 0 aromatic carbocycles. The van der Waals surface area contributed by atoms with E-state index in [0.29, 0.717) is 19.3 Å². The number of ether oxygens (including phenoxy) is 2. The number of aliphatic carboxylic acids is 1. The van der Waals surface area contributed by atoms with Gasteiger partial charge in [-0.25, -0.2) is 14.4 Å². The van der Waals surface area contributed by atoms with Crippen LogP contribution in [0.2, 0.25) is 0 Å². The maximum absolute atomic E-state index is 12.3. The number of allylic oxidation sites excluding steroid dienone is 3. The molecule has 0 amide bonds. The van der Waals surface area contributed by atoms with Crippen molar-refractivity contribution in [3.8, 4) is 0 Å². The fourth-order valence-electron chi connectivity index (χ4n) is 2.30. The van der Waals surface area contributed by atoms with Gasteiger partial charge in [0.2, 0.25) is 0 Å². The summed E-state index contributed by atoms with van der Waals surface area (Å²) in [5.74, 6) is -2.78. The Morgan fingerprint density at radius 2 is 2.00 bits per heavy atom. The van der Waals surface area contributed by atoms with Crippen molar-refractivity contribution in [2.45, 2.75) is 57.0 Å². The number of aliphatic hydroxyl groups is 2. The average molecular weight is 368 g/mol. The lowest BCUT2D eigenvalue weighted by atomic mass is 10.0. The molecule has 0 radical (unpaired) electrons. The lowest BCUT2D eigenvalue weighted by Gasteiger charge is -2.27. The lowest BCUT2D eigenvalue weighted by molar-refractivity contribution is -0.176. The van der Waals surface area contributed by atoms with Crippen molar-refractivity contribution in [1.82, 2.24) is 0 Å². The molecule has 0 saturated carbocycles. The number of hydrogen-bond donors (Lipinski definition) is 3. The Kier molecular flexibility index (Phi) is 9.32. The second-order valence-electron chi connectivity index (χ2n) is 5.73. The number of hydrogen-bond acceptors (Lipinski definition) is 7. The summed E-state index contributed by atoms with van der Waals surface area (Å²) in [6.07, 6.45) is 4.12. The van der Waals surface area contributed by atoms with Crippen LogP contribution in [0.5, 0.6) is 0 Å². The normalized spacial score (nSPS) is 28.7. The van der Waals surface area contributed by atoms with E-state index in [1.54, 1.807) is 6.08 Å². The summed E-state index contributed by atoms with van der Waals surface area (Å²) in [5.41, 5.74) is 0. The van der Waals surface area contributed by atoms with Crippen molar-refractivity contribution in [3.63, 3.8) is 0 Å². The highest BCUT2D eigenvalue weighted by Crippen LogP contribution is 2.17. The van der Waals surface area contributed by atoms with Crippen LogP contribution in [0.15, 0.2) is 36.5 Å². The molecule has 8 nitrogen and oxygen atoms in total. The second-order valence-corrected chi connectivity index (χ2v) is 5.73. The van der Waals surface area contributed by atoms with Gasteiger partial charge in [-0.2, -0.15) is 0 Å². The molecule has 1 aliphatic rings. The SMILES string of the molecule is CCCC1OC(=O)C(OC(=O)/C=C/C=C/C(=O)O)CC/C=C/C(O)C1O. The van der Waals surface area contributed by atoms with Crippen LogP contribution in [-0.4, -0.2) is 57.6 Å². The van der Waals surface area contributed by atoms with E-state index in [4.69, 9.17) is 14.6 Å². The third-order valence-electron chi connectivity index (χ3n) is 3.60. The zero-order valence-corrected chi connectivity index (χ0v) is 14.5. The molecule has 0 bridgehead atoms. The number of carboxylic acids is 1. The molecule has 0 saturated heterocycles. The lowest BCUT2D eigenvalue weighted by Crippen LogP contribution is -2.42. The molecule has 144 valence electrons. The first-order chi connectivity index (χ1) is 12.3. The first-order valence-electron chi connectivity index (χ1n) is 8.36. The maximum atomic E-state index is 12.3. The number of rotatable bonds is 6. The van der Waals surface area contributed by atoms with Gasteiger partial charge in [-0.15, -0.1) is 0 Å². The molecule has 1 rings (SSSR count). The van der Waals surface area contributed by atoms with Crippen molar-refractivity contribution in [2.75, 3.05) is 0 Å². The highest BCUT2D eigenvalue weighted by Gasteiger charge is 2.32. The van der Waals surface area contributed by atoms with E-state index in [9.17, 15) is 24.6 Å². The van der Waals surface area contributed by atoms with Gasteiger partial charge in [-0.3, -0.25) is 0 Å². The zero-order valence-electron chi connectivity index (χ0n) is 14.5. The molecule has 0 aromatic heterocycles. The zero-order chi connectivity index (χ0) is 19.5. The van der Waals surface area contributed by atoms with Crippen molar-refractivity contribution in [1.29, 1.82) is 0 Å². The van der Waals surface area contributed by atoms with Crippen molar-refractivity contribution < 1.29 is 39.2 Å². The monoisotopic (exact) mass is 368 g/mol. The number of cyclic esters (lactones) is 1. The van der Waals surface area contributed by atoms with E-state index in [0.717, 1.165) is 18.2 Å². The molecule has 0 spiro atoms. The van der Waals surface area contributed by atoms with E-state index in [-0.39, 0.29) is 6.42 Å². The van der Waals surface area contributed by atoms with Gasteiger partial charge in [0.15, 0.2) is 6.10 Å². The van der Waals surface area contributed by atoms with E-state index in [1.807, 2.05) is 6.92 Å². The van der Waals surface area contributed by atoms with Gasteiger partial charge in [-0.1, -0.05) is 37.6 Å². The fourth-order valence-corrected chi connectivity index (χ4v) is 2.30. The average Bonchev–Trinajstić information content (AvgIpc) is 2.59. The van der Waals surface area contributed by atoms with Crippen molar-refractivity contribution in [2.24, 2.45) is 0 Å². The highest BCUT2D eigenvalue weighted by molar-refractivity contribution is 5.86. The molecule has 4 atom stereocenters. The predicted octanol–water partition coefficient (Wildman–Crippen LogP) is 0.879. The van der Waals surface area contributed by atoms with E-state index in [2.05, 4.69) is 0 Å². The minimum Gasteiger partial charge on any atom is -0.478 e. The third kappa shape index (κ3) is 7.62. The first-order valence-corrected chi connectivity index (χ1v) is 8.36. The van der Waals surface area contributed by atoms with Crippen LogP contribution in [0.4, 0.5) is 0 Å². The van der Waals surface area contributed by atoms with Crippen LogP contribution >= 0.6 is 0 Å². The number of carbonyl (C=O) groups is 3. The third-order valence-corrected chi connectivity index (χ3v) is 3.60. The molecular formula is C18H24O8. The Morgan fingerprint density at radius 1 is 1.31 bits per heavy atom. The first kappa shape index (κ1) is 21.6. The Labute approximate surface area is 151 Å². The number of carbonyl (C=O) groups excluding carboxylic acids is 2. The molecule has 8 heteroatoms. The number of carboxylic acid groups (broad SMARTS) is 1. The molecule has 1 heterocycles. The van der Waals surface area contributed by atoms with E-state index >= 15 is 0 Å². The predicted molar refractivity (Wildman–Crippen MR) is 91.0 cm³/mol. The van der Waals surface area contributed by atoms with Crippen LogP contribution in [0.25, 0.3) is 0 Å². The van der Waals surface area contributed by atoms with Gasteiger partial charge in [0.05, 0.1) is 0 Å². The van der Waals surface area contributed by atoms with E-state index in [1.165, 1.54) is 12.2 Å². The largest absolute Gasteiger partial charge is 0.478 e. The molecule has 26 heavy (non-hydrogen) atoms. The smallest absolute Gasteiger partial charge is 0.347 e.